The molecule has 4 nitrogen and oxygen atoms in total. The topological polar surface area (TPSA) is 81.1 Å². The summed E-state index contributed by atoms with van der Waals surface area (Å²) in [4.78, 5) is 9.93. The van der Waals surface area contributed by atoms with E-state index in [0.29, 0.717) is 18.1 Å². The summed E-state index contributed by atoms with van der Waals surface area (Å²) in [6.07, 6.45) is 2.79. The highest BCUT2D eigenvalue weighted by atomic mass is 16.1. The van der Waals surface area contributed by atoms with E-state index >= 15 is 0 Å². The van der Waals surface area contributed by atoms with Crippen LogP contribution in [0.1, 0.15) is 18.9 Å². The van der Waals surface area contributed by atoms with E-state index in [9.17, 15) is 4.79 Å². The van der Waals surface area contributed by atoms with Gasteiger partial charge in [0.25, 0.3) is 0 Å². The van der Waals surface area contributed by atoms with Crippen LogP contribution in [0.3, 0.4) is 0 Å². The molecule has 4 heteroatoms. The normalized spacial score (nSPS) is 11.0. The second kappa shape index (κ2) is 9.55. The van der Waals surface area contributed by atoms with E-state index in [0.717, 1.165) is 18.5 Å². The summed E-state index contributed by atoms with van der Waals surface area (Å²) < 4.78 is 0. The number of carbonyl (C=O) groups excluding carboxylic acids is 1. The quantitative estimate of drug-likeness (QED) is 0.583. The zero-order valence-corrected chi connectivity index (χ0v) is 12.3. The number of amides is 1. The van der Waals surface area contributed by atoms with Crippen molar-refractivity contribution in [3.63, 3.8) is 0 Å². The van der Waals surface area contributed by atoms with Crippen molar-refractivity contribution in [3.8, 4) is 0 Å². The van der Waals surface area contributed by atoms with Gasteiger partial charge in [-0.1, -0.05) is 36.4 Å². The van der Waals surface area contributed by atoms with E-state index in [1.54, 1.807) is 24.3 Å². The zero-order chi connectivity index (χ0) is 15.5. The van der Waals surface area contributed by atoms with Crippen LogP contribution < -0.4 is 16.8 Å². The van der Waals surface area contributed by atoms with Crippen molar-refractivity contribution in [2.24, 2.45) is 5.73 Å². The van der Waals surface area contributed by atoms with Gasteiger partial charge < -0.3 is 16.8 Å². The molecule has 0 aliphatic heterocycles. The number of hydrogen-bond acceptors (Lipinski definition) is 3. The molecular weight excluding hydrogens is 262 g/mol. The molecule has 2 aromatic carbocycles. The van der Waals surface area contributed by atoms with Gasteiger partial charge in [0.15, 0.2) is 0 Å². The Hall–Kier alpha value is -2.33. The standard InChI is InChI=1S/C10H15N.C7H8N2O/c1-9(11)7-8-10-5-3-2-4-6-10;8-6-2-1-3-7(4-6)9-5-10/h2-6,9H,7-8,11H2,1H3;1-5H,8H2,(H,9,10). The Morgan fingerprint density at radius 3 is 2.43 bits per heavy atom. The van der Waals surface area contributed by atoms with Gasteiger partial charge in [-0.25, -0.2) is 0 Å². The van der Waals surface area contributed by atoms with E-state index in [1.165, 1.54) is 5.56 Å². The van der Waals surface area contributed by atoms with Crippen molar-refractivity contribution in [2.75, 3.05) is 11.1 Å². The minimum atomic E-state index is 0.315. The fourth-order valence-electron chi connectivity index (χ4n) is 1.74. The Morgan fingerprint density at radius 1 is 1.14 bits per heavy atom. The third-order valence-electron chi connectivity index (χ3n) is 2.84. The lowest BCUT2D eigenvalue weighted by molar-refractivity contribution is -0.105. The van der Waals surface area contributed by atoms with Crippen molar-refractivity contribution >= 4 is 17.8 Å². The molecule has 1 atom stereocenters. The molecular formula is C17H23N3O. The number of nitrogens with one attached hydrogen (secondary N) is 1. The van der Waals surface area contributed by atoms with Crippen LogP contribution in [0.25, 0.3) is 0 Å². The van der Waals surface area contributed by atoms with Gasteiger partial charge in [-0.2, -0.15) is 0 Å². The minimum absolute atomic E-state index is 0.315. The summed E-state index contributed by atoms with van der Waals surface area (Å²) in [7, 11) is 0. The smallest absolute Gasteiger partial charge is 0.211 e. The molecule has 1 amide bonds. The van der Waals surface area contributed by atoms with Crippen molar-refractivity contribution in [2.45, 2.75) is 25.8 Å². The van der Waals surface area contributed by atoms with Gasteiger partial charge in [0.2, 0.25) is 6.41 Å². The summed E-state index contributed by atoms with van der Waals surface area (Å²) in [5.74, 6) is 0. The molecule has 112 valence electrons. The maximum Gasteiger partial charge on any atom is 0.211 e. The number of hydrogen-bond donors (Lipinski definition) is 3. The van der Waals surface area contributed by atoms with Crippen LogP contribution in [-0.4, -0.2) is 12.5 Å². The Bertz CT molecular complexity index is 527. The fourth-order valence-corrected chi connectivity index (χ4v) is 1.74. The molecule has 2 rings (SSSR count). The summed E-state index contributed by atoms with van der Waals surface area (Å²) in [5, 5.41) is 2.49. The molecule has 0 fully saturated rings. The Balaban J connectivity index is 0.000000211. The van der Waals surface area contributed by atoms with Crippen LogP contribution in [0, 0.1) is 0 Å². The van der Waals surface area contributed by atoms with Gasteiger partial charge in [0.1, 0.15) is 0 Å². The molecule has 1 unspecified atom stereocenters. The molecule has 0 heterocycles. The first-order valence-corrected chi connectivity index (χ1v) is 6.97. The molecule has 0 aliphatic rings. The summed E-state index contributed by atoms with van der Waals surface area (Å²) in [5.41, 5.74) is 13.8. The maximum absolute atomic E-state index is 9.93. The predicted molar refractivity (Wildman–Crippen MR) is 89.0 cm³/mol. The molecule has 21 heavy (non-hydrogen) atoms. The number of carbonyl (C=O) groups is 1. The van der Waals surface area contributed by atoms with Crippen molar-refractivity contribution in [1.29, 1.82) is 0 Å². The minimum Gasteiger partial charge on any atom is -0.399 e. The molecule has 0 radical (unpaired) electrons. The Labute approximate surface area is 126 Å². The first-order chi connectivity index (χ1) is 10.1. The van der Waals surface area contributed by atoms with E-state index in [-0.39, 0.29) is 0 Å². The second-order valence-electron chi connectivity index (χ2n) is 4.89. The van der Waals surface area contributed by atoms with Crippen LogP contribution in [-0.2, 0) is 11.2 Å². The van der Waals surface area contributed by atoms with Gasteiger partial charge >= 0.3 is 0 Å². The molecule has 0 aliphatic carbocycles. The summed E-state index contributed by atoms with van der Waals surface area (Å²) in [6.45, 7) is 2.04. The summed E-state index contributed by atoms with van der Waals surface area (Å²) in [6, 6.07) is 17.8. The number of benzene rings is 2. The number of anilines is 2. The van der Waals surface area contributed by atoms with Crippen LogP contribution in [0.2, 0.25) is 0 Å². The van der Waals surface area contributed by atoms with E-state index in [4.69, 9.17) is 11.5 Å². The number of aryl methyl sites for hydroxylation is 1. The molecule has 0 aromatic heterocycles. The fraction of sp³-hybridized carbons (Fsp3) is 0.235. The lowest BCUT2D eigenvalue weighted by atomic mass is 10.1. The zero-order valence-electron chi connectivity index (χ0n) is 12.3. The number of nitrogens with two attached hydrogens (primary N) is 2. The molecule has 0 spiro atoms. The first-order valence-electron chi connectivity index (χ1n) is 6.97. The average molecular weight is 285 g/mol. The highest BCUT2D eigenvalue weighted by molar-refractivity contribution is 5.72. The number of rotatable bonds is 5. The van der Waals surface area contributed by atoms with Crippen LogP contribution in [0.4, 0.5) is 11.4 Å². The molecule has 0 saturated heterocycles. The van der Waals surface area contributed by atoms with Gasteiger partial charge in [0, 0.05) is 17.4 Å². The van der Waals surface area contributed by atoms with E-state index in [1.807, 2.05) is 13.0 Å². The van der Waals surface area contributed by atoms with Crippen LogP contribution in [0.15, 0.2) is 54.6 Å². The van der Waals surface area contributed by atoms with Gasteiger partial charge in [-0.3, -0.25) is 4.79 Å². The first kappa shape index (κ1) is 16.7. The maximum atomic E-state index is 9.93. The van der Waals surface area contributed by atoms with Gasteiger partial charge in [0.05, 0.1) is 0 Å². The van der Waals surface area contributed by atoms with Gasteiger partial charge in [-0.05, 0) is 43.5 Å². The van der Waals surface area contributed by atoms with Crippen LogP contribution in [0.5, 0.6) is 0 Å². The molecule has 0 saturated carbocycles. The van der Waals surface area contributed by atoms with Crippen LogP contribution >= 0.6 is 0 Å². The second-order valence-corrected chi connectivity index (χ2v) is 4.89. The van der Waals surface area contributed by atoms with Crippen molar-refractivity contribution < 1.29 is 4.79 Å². The monoisotopic (exact) mass is 285 g/mol. The van der Waals surface area contributed by atoms with E-state index < -0.39 is 0 Å². The third kappa shape index (κ3) is 7.74. The largest absolute Gasteiger partial charge is 0.399 e. The third-order valence-corrected chi connectivity index (χ3v) is 2.84. The SMILES string of the molecule is CC(N)CCc1ccccc1.Nc1cccc(NC=O)c1. The molecule has 2 aromatic rings. The molecule has 0 bridgehead atoms. The predicted octanol–water partition coefficient (Wildman–Crippen LogP) is 2.80. The lowest BCUT2D eigenvalue weighted by Gasteiger charge is -2.03. The van der Waals surface area contributed by atoms with Gasteiger partial charge in [-0.15, -0.1) is 0 Å². The average Bonchev–Trinajstić information content (AvgIpc) is 2.47. The Kier molecular flexibility index (Phi) is 7.61. The summed E-state index contributed by atoms with van der Waals surface area (Å²) >= 11 is 0. The van der Waals surface area contributed by atoms with E-state index in [2.05, 4.69) is 29.6 Å². The van der Waals surface area contributed by atoms with Crippen molar-refractivity contribution in [3.05, 3.63) is 60.2 Å². The molecule has 5 N–H and O–H groups in total. The lowest BCUT2D eigenvalue weighted by Crippen LogP contribution is -2.15. The Morgan fingerprint density at radius 2 is 1.86 bits per heavy atom. The van der Waals surface area contributed by atoms with Crippen molar-refractivity contribution in [1.82, 2.24) is 0 Å². The number of nitrogen functional groups attached to an aromatic ring is 1. The highest BCUT2D eigenvalue weighted by Gasteiger charge is 1.94. The highest BCUT2D eigenvalue weighted by Crippen LogP contribution is 2.10.